The number of hydrogen-bond donors (Lipinski definition) is 3. The van der Waals surface area contributed by atoms with Gasteiger partial charge in [0.05, 0.1) is 0 Å². The number of aromatic nitrogens is 6. The number of para-hydroxylation sites is 1. The Kier molecular flexibility index (Phi) is 3.40. The zero-order valence-electron chi connectivity index (χ0n) is 13.8. The number of H-pyrrole nitrogens is 3. The Labute approximate surface area is 149 Å². The van der Waals surface area contributed by atoms with E-state index in [1.165, 1.54) is 4.85 Å². The molecule has 0 aliphatic heterocycles. The van der Waals surface area contributed by atoms with Crippen LogP contribution >= 0.6 is 7.49 Å². The summed E-state index contributed by atoms with van der Waals surface area (Å²) in [5.41, 5.74) is 4.62. The van der Waals surface area contributed by atoms with Crippen LogP contribution in [0.2, 0.25) is 0 Å². The van der Waals surface area contributed by atoms with Crippen LogP contribution < -0.4 is 20.9 Å². The topological polar surface area (TPSA) is 87.3 Å². The third kappa shape index (κ3) is 2.18. The Morgan fingerprint density at radius 3 is 1.85 bits per heavy atom. The second-order valence-corrected chi connectivity index (χ2v) is 9.14. The molecule has 4 heterocycles. The standard InChI is InChI=1S/C18H17N6OP/c1-2-7-15-14(6-1)22-23-24(15)25-26(16-8-3-11-19-16,17-9-4-12-20-17)18-10-5-13-21-18/h1-13,19-21,26H. The number of hydrogen-bond acceptors (Lipinski definition) is 3. The fraction of sp³-hybridized carbons (Fsp3) is 0. The number of fused-ring (bicyclic) bond motifs is 1. The molecule has 8 heteroatoms. The van der Waals surface area contributed by atoms with Crippen LogP contribution in [0.25, 0.3) is 11.0 Å². The molecule has 0 fully saturated rings. The van der Waals surface area contributed by atoms with Gasteiger partial charge in [0, 0.05) is 0 Å². The van der Waals surface area contributed by atoms with E-state index in [-0.39, 0.29) is 0 Å². The van der Waals surface area contributed by atoms with Crippen LogP contribution in [0.15, 0.2) is 79.3 Å². The molecule has 0 saturated carbocycles. The van der Waals surface area contributed by atoms with E-state index >= 15 is 0 Å². The molecule has 4 aromatic heterocycles. The van der Waals surface area contributed by atoms with Crippen LogP contribution in [0, 0.1) is 0 Å². The van der Waals surface area contributed by atoms with Gasteiger partial charge in [-0.2, -0.15) is 0 Å². The van der Waals surface area contributed by atoms with Crippen LogP contribution in [0.3, 0.4) is 0 Å². The van der Waals surface area contributed by atoms with E-state index in [0.29, 0.717) is 0 Å². The van der Waals surface area contributed by atoms with E-state index in [4.69, 9.17) is 4.62 Å². The van der Waals surface area contributed by atoms with Crippen molar-refractivity contribution in [3.8, 4) is 0 Å². The second-order valence-electron chi connectivity index (χ2n) is 5.97. The first-order valence-electron chi connectivity index (χ1n) is 8.29. The minimum absolute atomic E-state index is 0.792. The number of benzene rings is 1. The van der Waals surface area contributed by atoms with Crippen molar-refractivity contribution < 1.29 is 4.62 Å². The molecule has 0 bridgehead atoms. The van der Waals surface area contributed by atoms with Crippen molar-refractivity contribution >= 4 is 34.8 Å². The van der Waals surface area contributed by atoms with Crippen molar-refractivity contribution in [3.63, 3.8) is 0 Å². The number of nitrogens with one attached hydrogen (secondary N) is 3. The van der Waals surface area contributed by atoms with Gasteiger partial charge in [-0.3, -0.25) is 0 Å². The molecule has 0 aliphatic rings. The Morgan fingerprint density at radius 1 is 0.731 bits per heavy atom. The maximum atomic E-state index is 6.68. The van der Waals surface area contributed by atoms with E-state index < -0.39 is 7.49 Å². The zero-order chi connectivity index (χ0) is 17.4. The summed E-state index contributed by atoms with van der Waals surface area (Å²) in [6.45, 7) is 0. The summed E-state index contributed by atoms with van der Waals surface area (Å²) < 4.78 is 6.68. The first-order valence-corrected chi connectivity index (χ1v) is 10.2. The molecule has 0 amide bonds. The minimum atomic E-state index is -2.90. The summed E-state index contributed by atoms with van der Waals surface area (Å²) in [6, 6.07) is 19.8. The van der Waals surface area contributed by atoms with Crippen LogP contribution in [-0.2, 0) is 0 Å². The Morgan fingerprint density at radius 2 is 1.31 bits per heavy atom. The Hall–Kier alpha value is -3.31. The molecule has 5 aromatic rings. The summed E-state index contributed by atoms with van der Waals surface area (Å²) in [6.07, 6.45) is 5.73. The van der Waals surface area contributed by atoms with E-state index in [1.807, 2.05) is 79.3 Å². The second kappa shape index (κ2) is 5.89. The van der Waals surface area contributed by atoms with Crippen LogP contribution in [0.4, 0.5) is 0 Å². The SMILES string of the molecule is c1c[nH]c([PH](On2nnc3ccccc32)(c2ccc[nH]2)c2ccc[nH]2)c1. The van der Waals surface area contributed by atoms with Gasteiger partial charge in [0.25, 0.3) is 0 Å². The molecule has 5 rings (SSSR count). The van der Waals surface area contributed by atoms with Gasteiger partial charge in [0.15, 0.2) is 0 Å². The van der Waals surface area contributed by atoms with Crippen molar-refractivity contribution in [1.82, 2.24) is 30.1 Å². The van der Waals surface area contributed by atoms with Crippen molar-refractivity contribution in [3.05, 3.63) is 79.3 Å². The summed E-state index contributed by atoms with van der Waals surface area (Å²) in [5.74, 6) is 0. The average Bonchev–Trinajstić information content (AvgIpc) is 3.49. The Balaban J connectivity index is 1.76. The normalized spacial score (nSPS) is 12.5. The number of aromatic amines is 3. The van der Waals surface area contributed by atoms with Gasteiger partial charge < -0.3 is 0 Å². The van der Waals surface area contributed by atoms with E-state index in [2.05, 4.69) is 25.3 Å². The first-order chi connectivity index (χ1) is 12.9. The third-order valence-corrected chi connectivity index (χ3v) is 8.13. The van der Waals surface area contributed by atoms with Gasteiger partial charge in [0.2, 0.25) is 0 Å². The predicted molar refractivity (Wildman–Crippen MR) is 104 cm³/mol. The van der Waals surface area contributed by atoms with Crippen molar-refractivity contribution in [2.75, 3.05) is 0 Å². The molecule has 1 aromatic carbocycles. The van der Waals surface area contributed by atoms with Gasteiger partial charge in [-0.1, -0.05) is 0 Å². The summed E-state index contributed by atoms with van der Waals surface area (Å²) in [4.78, 5) is 11.6. The zero-order valence-corrected chi connectivity index (χ0v) is 14.8. The fourth-order valence-electron chi connectivity index (χ4n) is 3.28. The molecular weight excluding hydrogens is 347 g/mol. The van der Waals surface area contributed by atoms with Crippen molar-refractivity contribution in [1.29, 1.82) is 0 Å². The van der Waals surface area contributed by atoms with E-state index in [9.17, 15) is 0 Å². The number of rotatable bonds is 5. The monoisotopic (exact) mass is 364 g/mol. The molecule has 0 spiro atoms. The predicted octanol–water partition coefficient (Wildman–Crippen LogP) is 1.49. The van der Waals surface area contributed by atoms with E-state index in [1.54, 1.807) is 0 Å². The maximum absolute atomic E-state index is 6.68. The van der Waals surface area contributed by atoms with Gasteiger partial charge in [0.1, 0.15) is 0 Å². The summed E-state index contributed by atoms with van der Waals surface area (Å²) >= 11 is 0. The summed E-state index contributed by atoms with van der Waals surface area (Å²) in [5, 5.41) is 8.47. The molecular formula is C18H17N6OP. The molecule has 0 unspecified atom stereocenters. The first kappa shape index (κ1) is 15.0. The van der Waals surface area contributed by atoms with Gasteiger partial charge in [-0.15, -0.1) is 0 Å². The molecule has 130 valence electrons. The average molecular weight is 364 g/mol. The Bertz CT molecular complexity index is 1030. The van der Waals surface area contributed by atoms with Crippen molar-refractivity contribution in [2.24, 2.45) is 0 Å². The summed E-state index contributed by atoms with van der Waals surface area (Å²) in [7, 11) is -2.90. The molecule has 0 saturated heterocycles. The van der Waals surface area contributed by atoms with Crippen LogP contribution in [0.1, 0.15) is 0 Å². The molecule has 3 N–H and O–H groups in total. The molecule has 26 heavy (non-hydrogen) atoms. The van der Waals surface area contributed by atoms with Crippen LogP contribution in [-0.4, -0.2) is 30.1 Å². The van der Waals surface area contributed by atoms with E-state index in [0.717, 1.165) is 27.3 Å². The molecule has 0 atom stereocenters. The van der Waals surface area contributed by atoms with Gasteiger partial charge >= 0.3 is 149 Å². The quantitative estimate of drug-likeness (QED) is 0.413. The van der Waals surface area contributed by atoms with Gasteiger partial charge in [-0.25, -0.2) is 0 Å². The fourth-order valence-corrected chi connectivity index (χ4v) is 6.69. The van der Waals surface area contributed by atoms with Crippen LogP contribution in [0.5, 0.6) is 0 Å². The van der Waals surface area contributed by atoms with Gasteiger partial charge in [-0.05, 0) is 0 Å². The van der Waals surface area contributed by atoms with Crippen molar-refractivity contribution in [2.45, 2.75) is 0 Å². The third-order valence-electron chi connectivity index (χ3n) is 4.48. The molecule has 0 radical (unpaired) electrons. The molecule has 0 aliphatic carbocycles. The number of nitrogens with zero attached hydrogens (tertiary/aromatic N) is 3. The molecule has 7 nitrogen and oxygen atoms in total.